The van der Waals surface area contributed by atoms with Crippen LogP contribution >= 0.6 is 0 Å². The molecule has 0 saturated carbocycles. The number of rotatable bonds is 0. The quantitative estimate of drug-likeness (QED) is 0.239. The van der Waals surface area contributed by atoms with Crippen LogP contribution in [0.3, 0.4) is 0 Å². The summed E-state index contributed by atoms with van der Waals surface area (Å²) in [6, 6.07) is 0.603. The van der Waals surface area contributed by atoms with Gasteiger partial charge in [0.15, 0.2) is 31.9 Å². The van der Waals surface area contributed by atoms with Gasteiger partial charge in [0.05, 0.1) is 44.1 Å². The second-order valence-electron chi connectivity index (χ2n) is 37.8. The number of hydrogen-bond acceptors (Lipinski definition) is 9. The molecule has 89 heavy (non-hydrogen) atoms. The predicted molar refractivity (Wildman–Crippen MR) is 399 cm³/mol. The summed E-state index contributed by atoms with van der Waals surface area (Å²) in [7, 11) is 52.9. The molecule has 16 radical (unpaired) electrons. The van der Waals surface area contributed by atoms with Crippen molar-refractivity contribution in [3.8, 4) is 0 Å². The lowest BCUT2D eigenvalue weighted by Gasteiger charge is -2.41. The monoisotopic (exact) mass is 1230 g/mol. The number of nitrogens with zero attached hydrogens (tertiary/aromatic N) is 7. The first-order chi connectivity index (χ1) is 40.2. The predicted octanol–water partition coefficient (Wildman–Crippen LogP) is 12.9. The number of hydrogen-bond donors (Lipinski definition) is 1. The number of piperidine rings is 5. The van der Waals surface area contributed by atoms with Gasteiger partial charge >= 0.3 is 0 Å². The van der Waals surface area contributed by atoms with Crippen LogP contribution in [0.5, 0.6) is 0 Å². The highest BCUT2D eigenvalue weighted by molar-refractivity contribution is 6.12. The normalized spacial score (nSPS) is 31.5. The van der Waals surface area contributed by atoms with Crippen molar-refractivity contribution in [3.05, 3.63) is 0 Å². The fraction of sp³-hybridized carbons (Fsp3) is 1.00. The Bertz CT molecular complexity index is 1690. The van der Waals surface area contributed by atoms with E-state index < -0.39 is 0 Å². The molecular formula is C72H144B8N8O. The van der Waals surface area contributed by atoms with Crippen LogP contribution in [0.25, 0.3) is 0 Å². The van der Waals surface area contributed by atoms with E-state index in [0.29, 0.717) is 55.7 Å². The Morgan fingerprint density at radius 1 is 0.337 bits per heavy atom. The first-order valence-electron chi connectivity index (χ1n) is 35.7. The van der Waals surface area contributed by atoms with Crippen molar-refractivity contribution in [2.45, 2.75) is 279 Å². The Labute approximate surface area is 568 Å². The molecule has 0 amide bonds. The molecule has 12 unspecified atom stereocenters. The fourth-order valence-corrected chi connectivity index (χ4v) is 13.3. The molecule has 0 aliphatic carbocycles. The molecule has 1 N–H and O–H groups in total. The van der Waals surface area contributed by atoms with Crippen molar-refractivity contribution in [3.63, 3.8) is 0 Å². The number of nitrogens with one attached hydrogen (secondary N) is 1. The third-order valence-corrected chi connectivity index (χ3v) is 21.2. The summed E-state index contributed by atoms with van der Waals surface area (Å²) in [6.07, 6.45) is 15.2. The summed E-state index contributed by atoms with van der Waals surface area (Å²) in [5, 5.41) is 3.43. The van der Waals surface area contributed by atoms with Gasteiger partial charge in [0.2, 0.25) is 0 Å². The molecule has 9 nitrogen and oxygen atoms in total. The summed E-state index contributed by atoms with van der Waals surface area (Å²) in [4.78, 5) is 14.5. The van der Waals surface area contributed by atoms with Crippen molar-refractivity contribution in [1.82, 2.24) is 39.3 Å². The molecule has 8 aliphatic rings. The van der Waals surface area contributed by atoms with Gasteiger partial charge in [-0.25, -0.2) is 0 Å². The Hall–Kier alpha value is 0.159. The summed E-state index contributed by atoms with van der Waals surface area (Å²) < 4.78 is 5.59. The summed E-state index contributed by atoms with van der Waals surface area (Å²) in [5.74, 6) is 5.85. The van der Waals surface area contributed by atoms with Crippen LogP contribution in [0.1, 0.15) is 243 Å². The highest BCUT2D eigenvalue weighted by Gasteiger charge is 2.36. The van der Waals surface area contributed by atoms with Gasteiger partial charge in [0.1, 0.15) is 0 Å². The molecule has 0 spiro atoms. The van der Waals surface area contributed by atoms with Crippen molar-refractivity contribution < 1.29 is 4.74 Å². The van der Waals surface area contributed by atoms with E-state index in [0.717, 1.165) is 133 Å². The number of likely N-dealkylation sites (tertiary alicyclic amines) is 3. The van der Waals surface area contributed by atoms with Crippen LogP contribution in [0.4, 0.5) is 0 Å². The van der Waals surface area contributed by atoms with E-state index >= 15 is 0 Å². The zero-order valence-electron chi connectivity index (χ0n) is 64.3. The van der Waals surface area contributed by atoms with Gasteiger partial charge < -0.3 is 44.0 Å². The maximum Gasteiger partial charge on any atom is 0.182 e. The van der Waals surface area contributed by atoms with Gasteiger partial charge in [-0.3, -0.25) is 0 Å². The lowest BCUT2D eigenvalue weighted by atomic mass is 9.68. The van der Waals surface area contributed by atoms with Crippen molar-refractivity contribution in [1.29, 1.82) is 0 Å². The van der Waals surface area contributed by atoms with Crippen LogP contribution in [-0.4, -0.2) is 234 Å². The van der Waals surface area contributed by atoms with Crippen LogP contribution < -0.4 is 5.32 Å². The lowest BCUT2D eigenvalue weighted by Crippen LogP contribution is -2.49. The minimum absolute atomic E-state index is 0.206. The van der Waals surface area contributed by atoms with E-state index in [1.54, 1.807) is 0 Å². The molecule has 8 rings (SSSR count). The second-order valence-corrected chi connectivity index (χ2v) is 37.8. The van der Waals surface area contributed by atoms with Crippen LogP contribution in [-0.2, 0) is 4.74 Å². The molecule has 12 atom stereocenters. The van der Waals surface area contributed by atoms with E-state index in [4.69, 9.17) is 68.0 Å². The Morgan fingerprint density at radius 2 is 0.730 bits per heavy atom. The number of morpholine rings is 1. The SMILES string of the molecule is [B]C1CC(C(C)(C)C)CCN1C.[B]C1CC(C(C)(C)C)CN(C)C1.[B]C1CC(C(C)(C)C)CN1C.[B]C1CCCC(C(C)(C)C)N1.[B]N1CCC(C(C)(C)C)C1.[B]N1CCCC(C(C)(C)C)C1.[B]N1CCCC(C(C)(C)C)C1.[B]N1CCOC(C(C)(C)C)C1. The molecule has 0 aromatic rings. The van der Waals surface area contributed by atoms with E-state index in [9.17, 15) is 0 Å². The topological polar surface area (TPSA) is 43.9 Å². The van der Waals surface area contributed by atoms with Crippen LogP contribution in [0.15, 0.2) is 0 Å². The number of ether oxygens (including phenoxy) is 1. The highest BCUT2D eigenvalue weighted by Crippen LogP contribution is 2.39. The van der Waals surface area contributed by atoms with E-state index in [1.807, 2.05) is 19.2 Å². The smallest absolute Gasteiger partial charge is 0.182 e. The molecule has 502 valence electrons. The lowest BCUT2D eigenvalue weighted by molar-refractivity contribution is -0.0590. The average molecular weight is 1220 g/mol. The molecule has 0 aromatic heterocycles. The molecule has 8 saturated heterocycles. The molecule has 17 heteroatoms. The summed E-state index contributed by atoms with van der Waals surface area (Å²) in [5.41, 5.74) is 3.12. The zero-order chi connectivity index (χ0) is 69.1. The van der Waals surface area contributed by atoms with Crippen molar-refractivity contribution in [2.75, 3.05) is 106 Å². The Kier molecular flexibility index (Phi) is 37.6. The standard InChI is InChI=1S/2C10H20BN.4C9H18BN.C8H16BNO.C8H16BN/c1-10(2,3)8-5-9(11)7-12(4)6-8;1-10(2,3)8-5-6-12(4)9(11)7-8;1-9(2,3)7-5-8(10)11(4)6-7;2*1-9(2,3)8-5-4-6-11(10)7-8;1-9(2,3)7-5-4-6-8(10)11-7;1-8(2,3)7-6-10(9)4-5-11-7;1-8(2,3)7-4-5-10(9)6-7/h2*8-9H,5-7H2,1-4H3;7-8H,5-6H2,1-4H3;2*8H,4-7H2,1-3H3;7-8,11H,4-6H2,1-3H3;7H,4-6H2,1-3H3;7H,4-6H2,1-3H3. The highest BCUT2D eigenvalue weighted by atomic mass is 16.5. The van der Waals surface area contributed by atoms with Gasteiger partial charge in [-0.05, 0) is 234 Å². The van der Waals surface area contributed by atoms with E-state index in [1.165, 1.54) is 64.3 Å². The van der Waals surface area contributed by atoms with Crippen LogP contribution in [0.2, 0.25) is 5.82 Å². The average Bonchev–Trinajstić information content (AvgIpc) is 4.15. The Balaban J connectivity index is 0.000000509. The third kappa shape index (κ3) is 36.4. The van der Waals surface area contributed by atoms with Crippen molar-refractivity contribution in [2.24, 2.45) is 78.8 Å². The third-order valence-electron chi connectivity index (χ3n) is 21.2. The fourth-order valence-electron chi connectivity index (χ4n) is 13.3. The molecule has 0 aromatic carbocycles. The Morgan fingerprint density at radius 3 is 1.01 bits per heavy atom. The maximum absolute atomic E-state index is 5.99. The zero-order valence-corrected chi connectivity index (χ0v) is 64.3. The van der Waals surface area contributed by atoms with E-state index in [-0.39, 0.29) is 23.4 Å². The van der Waals surface area contributed by atoms with Gasteiger partial charge in [0, 0.05) is 32.2 Å². The maximum atomic E-state index is 5.99. The molecular weight excluding hydrogens is 1080 g/mol. The molecule has 0 bridgehead atoms. The summed E-state index contributed by atoms with van der Waals surface area (Å²) in [6.45, 7) is 68.3. The first-order valence-corrected chi connectivity index (χ1v) is 35.7. The minimum Gasteiger partial charge on any atom is -0.375 e. The minimum atomic E-state index is 0.206. The molecule has 8 heterocycles. The van der Waals surface area contributed by atoms with Crippen molar-refractivity contribution >= 4 is 63.3 Å². The first kappa shape index (κ1) is 87.2. The van der Waals surface area contributed by atoms with Gasteiger partial charge in [-0.15, -0.1) is 0 Å². The van der Waals surface area contributed by atoms with E-state index in [2.05, 4.69) is 207 Å². The van der Waals surface area contributed by atoms with Gasteiger partial charge in [-0.2, -0.15) is 0 Å². The van der Waals surface area contributed by atoms with Gasteiger partial charge in [-0.1, -0.05) is 185 Å². The van der Waals surface area contributed by atoms with Gasteiger partial charge in [0.25, 0.3) is 0 Å². The molecule has 8 fully saturated rings. The molecule has 8 aliphatic heterocycles. The second kappa shape index (κ2) is 38.3. The largest absolute Gasteiger partial charge is 0.375 e. The summed E-state index contributed by atoms with van der Waals surface area (Å²) >= 11 is 0. The van der Waals surface area contributed by atoms with Crippen LogP contribution in [0, 0.1) is 78.8 Å².